The van der Waals surface area contributed by atoms with E-state index < -0.39 is 12.1 Å². The van der Waals surface area contributed by atoms with Gasteiger partial charge in [0.2, 0.25) is 0 Å². The Balaban J connectivity index is 1.59. The van der Waals surface area contributed by atoms with Crippen LogP contribution in [0.3, 0.4) is 0 Å². The smallest absolute Gasteiger partial charge is 0.190 e. The van der Waals surface area contributed by atoms with Crippen LogP contribution < -0.4 is 0 Å². The minimum absolute atomic E-state index is 0.0300. The van der Waals surface area contributed by atoms with Gasteiger partial charge in [-0.2, -0.15) is 0 Å². The summed E-state index contributed by atoms with van der Waals surface area (Å²) in [7, 11) is 0. The van der Waals surface area contributed by atoms with Crippen LogP contribution in [0.4, 0.5) is 0 Å². The van der Waals surface area contributed by atoms with Crippen LogP contribution in [0.25, 0.3) is 0 Å². The van der Waals surface area contributed by atoms with Crippen molar-refractivity contribution in [1.82, 2.24) is 4.90 Å². The van der Waals surface area contributed by atoms with Crippen LogP contribution in [-0.2, 0) is 32.1 Å². The van der Waals surface area contributed by atoms with Gasteiger partial charge in [0.1, 0.15) is 18.3 Å². The zero-order valence-electron chi connectivity index (χ0n) is 19.6. The van der Waals surface area contributed by atoms with Crippen LogP contribution in [0.2, 0.25) is 0 Å². The van der Waals surface area contributed by atoms with Crippen molar-refractivity contribution < 1.29 is 18.9 Å². The SMILES string of the molecule is C=CCC([C@H]1O[C@@H]2OC(C)(C)O[C@@H]2[C@H]1OCc1ccccc1)N(CC=C)Cc1ccccc1. The average Bonchev–Trinajstić information content (AvgIpc) is 3.28. The Kier molecular flexibility index (Phi) is 7.78. The maximum absolute atomic E-state index is 6.51. The molecule has 5 heteroatoms. The van der Waals surface area contributed by atoms with Gasteiger partial charge in [-0.05, 0) is 31.4 Å². The fraction of sp³-hybridized carbons (Fsp3) is 0.429. The average molecular weight is 450 g/mol. The summed E-state index contributed by atoms with van der Waals surface area (Å²) in [6.45, 7) is 13.8. The lowest BCUT2D eigenvalue weighted by molar-refractivity contribution is -0.226. The highest BCUT2D eigenvalue weighted by molar-refractivity contribution is 5.16. The molecule has 0 amide bonds. The Hall–Kier alpha value is -2.28. The van der Waals surface area contributed by atoms with Gasteiger partial charge >= 0.3 is 0 Å². The van der Waals surface area contributed by atoms with Gasteiger partial charge in [-0.1, -0.05) is 72.8 Å². The second-order valence-electron chi connectivity index (χ2n) is 9.13. The first-order valence-electron chi connectivity index (χ1n) is 11.7. The van der Waals surface area contributed by atoms with Crippen molar-refractivity contribution in [3.63, 3.8) is 0 Å². The van der Waals surface area contributed by atoms with Crippen molar-refractivity contribution >= 4 is 0 Å². The van der Waals surface area contributed by atoms with E-state index in [9.17, 15) is 0 Å². The summed E-state index contributed by atoms with van der Waals surface area (Å²) in [5.74, 6) is -0.701. The van der Waals surface area contributed by atoms with E-state index in [1.807, 2.05) is 50.3 Å². The van der Waals surface area contributed by atoms with Crippen LogP contribution in [0, 0.1) is 0 Å². The molecule has 176 valence electrons. The molecule has 2 fully saturated rings. The number of fused-ring (bicyclic) bond motifs is 1. The minimum Gasteiger partial charge on any atom is -0.368 e. The quantitative estimate of drug-likeness (QED) is 0.448. The molecule has 2 saturated heterocycles. The highest BCUT2D eigenvalue weighted by Gasteiger charge is 2.57. The summed E-state index contributed by atoms with van der Waals surface area (Å²) in [5.41, 5.74) is 2.35. The number of nitrogens with zero attached hydrogens (tertiary/aromatic N) is 1. The van der Waals surface area contributed by atoms with E-state index in [0.29, 0.717) is 6.61 Å². The van der Waals surface area contributed by atoms with E-state index in [1.54, 1.807) is 0 Å². The monoisotopic (exact) mass is 449 g/mol. The summed E-state index contributed by atoms with van der Waals surface area (Å²) in [4.78, 5) is 2.37. The molecule has 2 aliphatic heterocycles. The van der Waals surface area contributed by atoms with E-state index in [4.69, 9.17) is 18.9 Å². The minimum atomic E-state index is -0.701. The molecular formula is C28H35NO4. The molecule has 2 aromatic carbocycles. The predicted molar refractivity (Wildman–Crippen MR) is 129 cm³/mol. The van der Waals surface area contributed by atoms with Gasteiger partial charge in [-0.15, -0.1) is 13.2 Å². The molecule has 0 aliphatic carbocycles. The topological polar surface area (TPSA) is 40.2 Å². The molecule has 4 rings (SSSR count). The highest BCUT2D eigenvalue weighted by Crippen LogP contribution is 2.41. The number of rotatable bonds is 11. The molecule has 33 heavy (non-hydrogen) atoms. The Morgan fingerprint density at radius 3 is 2.27 bits per heavy atom. The van der Waals surface area contributed by atoms with E-state index >= 15 is 0 Å². The normalized spacial score (nSPS) is 26.8. The van der Waals surface area contributed by atoms with Crippen molar-refractivity contribution in [2.45, 2.75) is 69.9 Å². The number of ether oxygens (including phenoxy) is 4. The molecule has 1 unspecified atom stereocenters. The van der Waals surface area contributed by atoms with Gasteiger partial charge in [-0.25, -0.2) is 0 Å². The first-order chi connectivity index (χ1) is 16.0. The molecule has 2 aliphatic rings. The van der Waals surface area contributed by atoms with Crippen molar-refractivity contribution in [2.75, 3.05) is 6.54 Å². The lowest BCUT2D eigenvalue weighted by atomic mass is 9.98. The largest absolute Gasteiger partial charge is 0.368 e. The summed E-state index contributed by atoms with van der Waals surface area (Å²) in [6, 6.07) is 20.7. The Labute approximate surface area is 197 Å². The van der Waals surface area contributed by atoms with E-state index in [0.717, 1.165) is 25.1 Å². The summed E-state index contributed by atoms with van der Waals surface area (Å²) < 4.78 is 25.3. The highest BCUT2D eigenvalue weighted by atomic mass is 16.8. The lowest BCUT2D eigenvalue weighted by Gasteiger charge is -2.37. The molecule has 0 radical (unpaired) electrons. The first kappa shape index (κ1) is 23.9. The second kappa shape index (κ2) is 10.8. The lowest BCUT2D eigenvalue weighted by Crippen LogP contribution is -2.50. The van der Waals surface area contributed by atoms with Crippen LogP contribution in [0.5, 0.6) is 0 Å². The summed E-state index contributed by atoms with van der Waals surface area (Å²) in [6.07, 6.45) is 3.38. The van der Waals surface area contributed by atoms with Gasteiger partial charge in [0.15, 0.2) is 12.1 Å². The predicted octanol–water partition coefficient (Wildman–Crippen LogP) is 5.08. The third kappa shape index (κ3) is 5.81. The van der Waals surface area contributed by atoms with Crippen molar-refractivity contribution in [3.8, 4) is 0 Å². The number of hydrogen-bond donors (Lipinski definition) is 0. The number of hydrogen-bond acceptors (Lipinski definition) is 5. The van der Waals surface area contributed by atoms with Gasteiger partial charge in [0.05, 0.1) is 6.61 Å². The summed E-state index contributed by atoms with van der Waals surface area (Å²) >= 11 is 0. The summed E-state index contributed by atoms with van der Waals surface area (Å²) in [5, 5.41) is 0. The Bertz CT molecular complexity index is 901. The van der Waals surface area contributed by atoms with E-state index in [1.165, 1.54) is 5.56 Å². The molecule has 0 bridgehead atoms. The van der Waals surface area contributed by atoms with Crippen LogP contribution in [-0.4, -0.2) is 47.9 Å². The van der Waals surface area contributed by atoms with E-state index in [2.05, 4.69) is 54.5 Å². The molecule has 5 nitrogen and oxygen atoms in total. The maximum atomic E-state index is 6.51. The fourth-order valence-corrected chi connectivity index (χ4v) is 4.73. The van der Waals surface area contributed by atoms with Crippen LogP contribution in [0.1, 0.15) is 31.4 Å². The van der Waals surface area contributed by atoms with Gasteiger partial charge < -0.3 is 18.9 Å². The van der Waals surface area contributed by atoms with E-state index in [-0.39, 0.29) is 24.4 Å². The molecule has 0 N–H and O–H groups in total. The zero-order chi connectivity index (χ0) is 23.3. The van der Waals surface area contributed by atoms with Crippen molar-refractivity contribution in [3.05, 3.63) is 97.1 Å². The first-order valence-corrected chi connectivity index (χ1v) is 11.7. The molecule has 5 atom stereocenters. The Morgan fingerprint density at radius 1 is 0.970 bits per heavy atom. The standard InChI is InChI=1S/C28H35NO4/c1-5-13-23(29(18-6-2)19-21-14-9-7-10-15-21)24-25(30-20-22-16-11-8-12-17-22)26-27(31-24)33-28(3,4)32-26/h5-12,14-17,23-27H,1-2,13,18-20H2,3-4H3/t23?,24-,25+,26-,27-/m1/s1. The molecular weight excluding hydrogens is 414 g/mol. The van der Waals surface area contributed by atoms with Gasteiger partial charge in [-0.3, -0.25) is 4.90 Å². The third-order valence-corrected chi connectivity index (χ3v) is 6.16. The van der Waals surface area contributed by atoms with Gasteiger partial charge in [0, 0.05) is 19.1 Å². The molecule has 0 saturated carbocycles. The van der Waals surface area contributed by atoms with Gasteiger partial charge in [0.25, 0.3) is 0 Å². The molecule has 2 aromatic rings. The molecule has 2 heterocycles. The van der Waals surface area contributed by atoms with Crippen LogP contribution in [0.15, 0.2) is 86.0 Å². The maximum Gasteiger partial charge on any atom is 0.190 e. The molecule has 0 spiro atoms. The second-order valence-corrected chi connectivity index (χ2v) is 9.13. The zero-order valence-corrected chi connectivity index (χ0v) is 19.6. The fourth-order valence-electron chi connectivity index (χ4n) is 4.73. The van der Waals surface area contributed by atoms with Crippen molar-refractivity contribution in [2.24, 2.45) is 0 Å². The molecule has 0 aromatic heterocycles. The van der Waals surface area contributed by atoms with Crippen LogP contribution >= 0.6 is 0 Å². The Morgan fingerprint density at radius 2 is 1.64 bits per heavy atom. The third-order valence-electron chi connectivity index (χ3n) is 6.16. The number of benzene rings is 2. The van der Waals surface area contributed by atoms with Crippen molar-refractivity contribution in [1.29, 1.82) is 0 Å².